The van der Waals surface area contributed by atoms with Crippen molar-refractivity contribution in [2.45, 2.75) is 36.2 Å². The summed E-state index contributed by atoms with van der Waals surface area (Å²) in [5.41, 5.74) is 3.99. The summed E-state index contributed by atoms with van der Waals surface area (Å²) in [5, 5.41) is 3.02. The number of benzene rings is 3. The van der Waals surface area contributed by atoms with E-state index in [4.69, 9.17) is 9.47 Å². The molecule has 1 fully saturated rings. The van der Waals surface area contributed by atoms with Gasteiger partial charge >= 0.3 is 0 Å². The smallest absolute Gasteiger partial charge is 0.259 e. The SMILES string of the molecule is COc1cc(-c2ccc(C)cc2S(=O)(=O)c2cnc3[nH]cc(-c4cc(F)c(C(=O)N(C)CC5CCOC5)c(F)c4)c3n2)cc2c1CNCC2. The van der Waals surface area contributed by atoms with Gasteiger partial charge < -0.3 is 24.7 Å². The molecule has 1 unspecified atom stereocenters. The first-order chi connectivity index (χ1) is 23.5. The Labute approximate surface area is 282 Å². The van der Waals surface area contributed by atoms with Crippen molar-refractivity contribution in [3.8, 4) is 28.0 Å². The van der Waals surface area contributed by atoms with Crippen LogP contribution in [0.4, 0.5) is 8.78 Å². The van der Waals surface area contributed by atoms with Gasteiger partial charge in [0.2, 0.25) is 9.84 Å². The molecule has 0 saturated carbocycles. The van der Waals surface area contributed by atoms with Gasteiger partial charge in [-0.05, 0) is 72.8 Å². The molecule has 13 heteroatoms. The van der Waals surface area contributed by atoms with Crippen molar-refractivity contribution < 1.29 is 31.5 Å². The number of carbonyl (C=O) groups excluding carboxylic acids is 1. The molecule has 7 rings (SSSR count). The van der Waals surface area contributed by atoms with Crippen molar-refractivity contribution in [3.63, 3.8) is 0 Å². The lowest BCUT2D eigenvalue weighted by atomic mass is 9.94. The van der Waals surface area contributed by atoms with Crippen molar-refractivity contribution >= 4 is 26.9 Å². The predicted octanol–water partition coefficient (Wildman–Crippen LogP) is 5.47. The summed E-state index contributed by atoms with van der Waals surface area (Å²) < 4.78 is 70.6. The Balaban J connectivity index is 1.26. The molecule has 2 aromatic heterocycles. The van der Waals surface area contributed by atoms with E-state index in [1.165, 1.54) is 18.1 Å². The fraction of sp³-hybridized carbons (Fsp3) is 0.306. The molecule has 49 heavy (non-hydrogen) atoms. The average Bonchev–Trinajstić information content (AvgIpc) is 3.77. The molecule has 2 aliphatic rings. The average molecular weight is 688 g/mol. The summed E-state index contributed by atoms with van der Waals surface area (Å²) in [4.78, 5) is 26.1. The Morgan fingerprint density at radius 3 is 2.61 bits per heavy atom. The van der Waals surface area contributed by atoms with Gasteiger partial charge in [-0.2, -0.15) is 0 Å². The quantitative estimate of drug-likeness (QED) is 0.220. The van der Waals surface area contributed by atoms with Crippen LogP contribution in [0, 0.1) is 24.5 Å². The Bertz CT molecular complexity index is 2180. The molecule has 0 bridgehead atoms. The van der Waals surface area contributed by atoms with E-state index in [0.717, 1.165) is 54.4 Å². The number of ether oxygens (including phenoxy) is 2. The van der Waals surface area contributed by atoms with E-state index in [2.05, 4.69) is 20.3 Å². The van der Waals surface area contributed by atoms with Gasteiger partial charge in [0.1, 0.15) is 28.5 Å². The second-order valence-corrected chi connectivity index (χ2v) is 14.4. The molecule has 0 radical (unpaired) electrons. The number of methoxy groups -OCH3 is 1. The van der Waals surface area contributed by atoms with Crippen LogP contribution in [-0.4, -0.2) is 74.6 Å². The zero-order valence-electron chi connectivity index (χ0n) is 27.3. The first-order valence-electron chi connectivity index (χ1n) is 16.0. The van der Waals surface area contributed by atoms with Crippen molar-refractivity contribution in [2.24, 2.45) is 5.92 Å². The summed E-state index contributed by atoms with van der Waals surface area (Å²) in [7, 11) is -1.16. The molecule has 1 amide bonds. The molecular formula is C36H35F2N5O5S. The van der Waals surface area contributed by atoms with Gasteiger partial charge in [-0.3, -0.25) is 4.79 Å². The lowest BCUT2D eigenvalue weighted by Crippen LogP contribution is -2.33. The van der Waals surface area contributed by atoms with Gasteiger partial charge in [-0.1, -0.05) is 18.2 Å². The van der Waals surface area contributed by atoms with Gasteiger partial charge in [-0.25, -0.2) is 27.2 Å². The number of carbonyl (C=O) groups is 1. The first-order valence-corrected chi connectivity index (χ1v) is 17.5. The van der Waals surface area contributed by atoms with Crippen molar-refractivity contribution in [1.29, 1.82) is 0 Å². The zero-order valence-corrected chi connectivity index (χ0v) is 28.1. The highest BCUT2D eigenvalue weighted by molar-refractivity contribution is 7.91. The van der Waals surface area contributed by atoms with Gasteiger partial charge in [-0.15, -0.1) is 0 Å². The minimum absolute atomic E-state index is 0.0439. The van der Waals surface area contributed by atoms with Crippen LogP contribution in [0.1, 0.15) is 33.5 Å². The predicted molar refractivity (Wildman–Crippen MR) is 179 cm³/mol. The lowest BCUT2D eigenvalue weighted by molar-refractivity contribution is 0.0756. The van der Waals surface area contributed by atoms with Crippen molar-refractivity contribution in [3.05, 3.63) is 88.7 Å². The summed E-state index contributed by atoms with van der Waals surface area (Å²) >= 11 is 0. The fourth-order valence-electron chi connectivity index (χ4n) is 6.65. The number of aryl methyl sites for hydroxylation is 1. The maximum atomic E-state index is 15.5. The molecule has 5 aromatic rings. The third kappa shape index (κ3) is 6.06. The third-order valence-corrected chi connectivity index (χ3v) is 10.9. The van der Waals surface area contributed by atoms with Gasteiger partial charge in [0.15, 0.2) is 10.7 Å². The molecule has 3 aromatic carbocycles. The zero-order chi connectivity index (χ0) is 34.4. The monoisotopic (exact) mass is 687 g/mol. The number of sulfone groups is 1. The Morgan fingerprint density at radius 1 is 1.10 bits per heavy atom. The van der Waals surface area contributed by atoms with Crippen LogP contribution in [0.25, 0.3) is 33.4 Å². The van der Waals surface area contributed by atoms with E-state index in [1.54, 1.807) is 26.2 Å². The maximum Gasteiger partial charge on any atom is 0.259 e. The van der Waals surface area contributed by atoms with Crippen LogP contribution in [0.2, 0.25) is 0 Å². The molecule has 1 atom stereocenters. The second-order valence-electron chi connectivity index (χ2n) is 12.6. The van der Waals surface area contributed by atoms with Crippen LogP contribution in [-0.2, 0) is 27.5 Å². The molecule has 254 valence electrons. The molecule has 0 aliphatic carbocycles. The minimum atomic E-state index is -4.25. The normalized spacial score (nSPS) is 16.1. The number of rotatable bonds is 8. The Morgan fingerprint density at radius 2 is 1.88 bits per heavy atom. The van der Waals surface area contributed by atoms with Crippen LogP contribution in [0.5, 0.6) is 5.75 Å². The summed E-state index contributed by atoms with van der Waals surface area (Å²) in [6.07, 6.45) is 4.16. The minimum Gasteiger partial charge on any atom is -0.496 e. The fourth-order valence-corrected chi connectivity index (χ4v) is 8.09. The number of aromatic nitrogens is 3. The highest BCUT2D eigenvalue weighted by Crippen LogP contribution is 2.38. The largest absolute Gasteiger partial charge is 0.496 e. The number of hydrogen-bond acceptors (Lipinski definition) is 8. The number of nitrogens with one attached hydrogen (secondary N) is 2. The molecule has 10 nitrogen and oxygen atoms in total. The van der Waals surface area contributed by atoms with Crippen LogP contribution < -0.4 is 10.1 Å². The highest BCUT2D eigenvalue weighted by Gasteiger charge is 2.29. The molecule has 2 N–H and O–H groups in total. The standard InChI is InChI=1S/C36H35F2N5O5S/c1-20-4-5-25(23-11-22-6-8-39-15-26(22)30(14-23)47-3)31(10-20)49(45,46)32-17-41-35-34(42-32)27(16-40-35)24-12-28(37)33(29(38)13-24)36(44)43(2)18-21-7-9-48-19-21/h4-5,10-14,16-17,21,39H,6-9,15,18-19H2,1-3H3,(H,40,41). The molecule has 2 aliphatic heterocycles. The van der Waals surface area contributed by atoms with Crippen LogP contribution in [0.15, 0.2) is 64.8 Å². The number of hydrogen-bond donors (Lipinski definition) is 2. The number of nitrogens with zero attached hydrogens (tertiary/aromatic N) is 3. The van der Waals surface area contributed by atoms with Crippen molar-refractivity contribution in [1.82, 2.24) is 25.2 Å². The van der Waals surface area contributed by atoms with Gasteiger partial charge in [0.05, 0.1) is 24.8 Å². The van der Waals surface area contributed by atoms with Crippen molar-refractivity contribution in [2.75, 3.05) is 40.5 Å². The highest BCUT2D eigenvalue weighted by atomic mass is 32.2. The number of fused-ring (bicyclic) bond motifs is 2. The summed E-state index contributed by atoms with van der Waals surface area (Å²) in [5.74, 6) is -2.09. The second kappa shape index (κ2) is 13.0. The molecular weight excluding hydrogens is 652 g/mol. The van der Waals surface area contributed by atoms with Crippen LogP contribution >= 0.6 is 0 Å². The van der Waals surface area contributed by atoms with E-state index >= 15 is 8.78 Å². The lowest BCUT2D eigenvalue weighted by Gasteiger charge is -2.22. The molecule has 1 saturated heterocycles. The van der Waals surface area contributed by atoms with E-state index in [-0.39, 0.29) is 38.1 Å². The Hall–Kier alpha value is -4.72. The maximum absolute atomic E-state index is 15.5. The Kier molecular flexibility index (Phi) is 8.67. The van der Waals surface area contributed by atoms with Gasteiger partial charge in [0, 0.05) is 55.5 Å². The van der Waals surface area contributed by atoms with E-state index in [1.807, 2.05) is 18.2 Å². The molecule has 0 spiro atoms. The van der Waals surface area contributed by atoms with E-state index in [0.29, 0.717) is 43.2 Å². The summed E-state index contributed by atoms with van der Waals surface area (Å²) in [6, 6.07) is 11.1. The van der Waals surface area contributed by atoms with E-state index < -0.39 is 32.9 Å². The number of aromatic amines is 1. The van der Waals surface area contributed by atoms with E-state index in [9.17, 15) is 13.2 Å². The molecule has 4 heterocycles. The number of H-pyrrole nitrogens is 1. The third-order valence-electron chi connectivity index (χ3n) is 9.24. The number of amides is 1. The first kappa shape index (κ1) is 32.8. The summed E-state index contributed by atoms with van der Waals surface area (Å²) in [6.45, 7) is 4.66. The van der Waals surface area contributed by atoms with Crippen LogP contribution in [0.3, 0.4) is 0 Å². The number of halogens is 2. The van der Waals surface area contributed by atoms with Gasteiger partial charge in [0.25, 0.3) is 5.91 Å². The topological polar surface area (TPSA) is 127 Å².